The van der Waals surface area contributed by atoms with Crippen LogP contribution in [0.25, 0.3) is 0 Å². The van der Waals surface area contributed by atoms with Crippen LogP contribution in [0.15, 0.2) is 48.5 Å². The Balaban J connectivity index is 1.34. The van der Waals surface area contributed by atoms with Gasteiger partial charge in [0.15, 0.2) is 11.5 Å². The highest BCUT2D eigenvalue weighted by atomic mass is 19.4. The number of rotatable bonds is 9. The summed E-state index contributed by atoms with van der Waals surface area (Å²) in [6, 6.07) is 13.7. The lowest BCUT2D eigenvalue weighted by atomic mass is 9.83. The predicted octanol–water partition coefficient (Wildman–Crippen LogP) is 5.68. The molecule has 1 heterocycles. The summed E-state index contributed by atoms with van der Waals surface area (Å²) in [5.74, 6) is 0.618. The normalized spacial score (nSPS) is 18.1. The fraction of sp³-hybridized carbons (Fsp3) is 0.423. The Labute approximate surface area is 207 Å². The van der Waals surface area contributed by atoms with Gasteiger partial charge in [-0.05, 0) is 67.0 Å². The average molecular weight is 504 g/mol. The highest BCUT2D eigenvalue weighted by Crippen LogP contribution is 2.35. The Bertz CT molecular complexity index is 1150. The third-order valence-electron chi connectivity index (χ3n) is 6.38. The third-order valence-corrected chi connectivity index (χ3v) is 6.38. The highest BCUT2D eigenvalue weighted by Gasteiger charge is 2.31. The summed E-state index contributed by atoms with van der Waals surface area (Å²) in [6.07, 6.45) is -1.36. The van der Waals surface area contributed by atoms with Crippen LogP contribution < -0.4 is 9.47 Å². The summed E-state index contributed by atoms with van der Waals surface area (Å²) in [4.78, 5) is 12.1. The van der Waals surface area contributed by atoms with E-state index >= 15 is 0 Å². The summed E-state index contributed by atoms with van der Waals surface area (Å²) in [7, 11) is 1.61. The number of methoxy groups -OCH3 is 1. The topological polar surface area (TPSA) is 75.5 Å². The van der Waals surface area contributed by atoms with Crippen molar-refractivity contribution in [3.63, 3.8) is 0 Å². The molecular formula is C26H28F3N3O4. The van der Waals surface area contributed by atoms with Crippen LogP contribution in [0.5, 0.6) is 11.5 Å². The number of hydrogen-bond donors (Lipinski definition) is 0. The summed E-state index contributed by atoms with van der Waals surface area (Å²) >= 11 is 0. The minimum Gasteiger partial charge on any atom is -0.497 e. The molecule has 0 saturated heterocycles. The van der Waals surface area contributed by atoms with Crippen molar-refractivity contribution in [2.24, 2.45) is 0 Å². The number of nitrogens with zero attached hydrogens (tertiary/aromatic N) is 3. The molecule has 0 spiro atoms. The molecule has 0 unspecified atom stereocenters. The van der Waals surface area contributed by atoms with E-state index in [1.54, 1.807) is 23.9 Å². The summed E-state index contributed by atoms with van der Waals surface area (Å²) in [6.45, 7) is 2.13. The first-order chi connectivity index (χ1) is 17.2. The number of hydrogen-bond acceptors (Lipinski definition) is 6. The fourth-order valence-corrected chi connectivity index (χ4v) is 4.48. The molecule has 0 atom stereocenters. The van der Waals surface area contributed by atoms with Gasteiger partial charge in [0.05, 0.1) is 32.1 Å². The minimum atomic E-state index is -4.70. The van der Waals surface area contributed by atoms with Crippen molar-refractivity contribution >= 4 is 5.78 Å². The van der Waals surface area contributed by atoms with E-state index in [9.17, 15) is 18.0 Å². The number of carbonyl (C=O) groups excluding carboxylic acids is 1. The van der Waals surface area contributed by atoms with Crippen LogP contribution in [0, 0.1) is 0 Å². The number of Topliss-reactive ketones (excluding diaryl/α,β-unsaturated/α-hetero) is 1. The van der Waals surface area contributed by atoms with E-state index in [0.717, 1.165) is 42.6 Å². The molecule has 0 bridgehead atoms. The van der Waals surface area contributed by atoms with Crippen LogP contribution in [-0.4, -0.2) is 40.4 Å². The van der Waals surface area contributed by atoms with E-state index in [-0.39, 0.29) is 30.2 Å². The molecule has 10 heteroatoms. The van der Waals surface area contributed by atoms with Gasteiger partial charge in [-0.15, -0.1) is 18.3 Å². The van der Waals surface area contributed by atoms with Gasteiger partial charge in [-0.2, -0.15) is 0 Å². The quantitative estimate of drug-likeness (QED) is 0.350. The fourth-order valence-electron chi connectivity index (χ4n) is 4.48. The largest absolute Gasteiger partial charge is 0.573 e. The first-order valence-electron chi connectivity index (χ1n) is 11.8. The Hall–Kier alpha value is -3.40. The zero-order valence-corrected chi connectivity index (χ0v) is 20.1. The maximum atomic E-state index is 12.4. The lowest BCUT2D eigenvalue weighted by molar-refractivity contribution is -0.274. The SMILES string of the molecule is COc1ccc(Cn2nnc(C(C)=O)c2COC2CCC(c3ccc(OC(F)(F)F)cc3)CC2)cc1. The van der Waals surface area contributed by atoms with Gasteiger partial charge >= 0.3 is 6.36 Å². The average Bonchev–Trinajstić information content (AvgIpc) is 3.26. The maximum Gasteiger partial charge on any atom is 0.573 e. The molecule has 1 aromatic heterocycles. The van der Waals surface area contributed by atoms with Gasteiger partial charge < -0.3 is 14.2 Å². The van der Waals surface area contributed by atoms with Crippen molar-refractivity contribution in [2.45, 2.75) is 64.1 Å². The van der Waals surface area contributed by atoms with Crippen molar-refractivity contribution < 1.29 is 32.2 Å². The smallest absolute Gasteiger partial charge is 0.497 e. The second-order valence-electron chi connectivity index (χ2n) is 8.85. The van der Waals surface area contributed by atoms with Crippen LogP contribution in [0.2, 0.25) is 0 Å². The first-order valence-corrected chi connectivity index (χ1v) is 11.8. The lowest BCUT2D eigenvalue weighted by Gasteiger charge is -2.29. The monoisotopic (exact) mass is 503 g/mol. The zero-order chi connectivity index (χ0) is 25.7. The summed E-state index contributed by atoms with van der Waals surface area (Å²) < 4.78 is 54.1. The minimum absolute atomic E-state index is 0.0123. The van der Waals surface area contributed by atoms with Crippen molar-refractivity contribution in [1.82, 2.24) is 15.0 Å². The Morgan fingerprint density at radius 3 is 2.22 bits per heavy atom. The predicted molar refractivity (Wildman–Crippen MR) is 125 cm³/mol. The van der Waals surface area contributed by atoms with E-state index in [1.807, 2.05) is 24.3 Å². The van der Waals surface area contributed by atoms with E-state index < -0.39 is 6.36 Å². The van der Waals surface area contributed by atoms with E-state index in [1.165, 1.54) is 19.1 Å². The summed E-state index contributed by atoms with van der Waals surface area (Å²) in [5.41, 5.74) is 2.92. The van der Waals surface area contributed by atoms with E-state index in [0.29, 0.717) is 17.9 Å². The number of carbonyl (C=O) groups is 1. The van der Waals surface area contributed by atoms with Crippen molar-refractivity contribution in [3.8, 4) is 11.5 Å². The van der Waals surface area contributed by atoms with Gasteiger partial charge in [0.25, 0.3) is 0 Å². The van der Waals surface area contributed by atoms with Gasteiger partial charge in [-0.1, -0.05) is 29.5 Å². The third kappa shape index (κ3) is 6.63. The van der Waals surface area contributed by atoms with Gasteiger partial charge in [-0.3, -0.25) is 4.79 Å². The second-order valence-corrected chi connectivity index (χ2v) is 8.85. The Morgan fingerprint density at radius 2 is 1.64 bits per heavy atom. The van der Waals surface area contributed by atoms with Gasteiger partial charge in [0, 0.05) is 6.92 Å². The van der Waals surface area contributed by atoms with Crippen LogP contribution in [-0.2, 0) is 17.9 Å². The van der Waals surface area contributed by atoms with Crippen molar-refractivity contribution in [3.05, 3.63) is 71.0 Å². The molecule has 0 aliphatic heterocycles. The molecular weight excluding hydrogens is 475 g/mol. The Kier molecular flexibility index (Phi) is 7.93. The van der Waals surface area contributed by atoms with E-state index in [4.69, 9.17) is 9.47 Å². The molecule has 3 aromatic rings. The molecule has 36 heavy (non-hydrogen) atoms. The highest BCUT2D eigenvalue weighted by molar-refractivity contribution is 5.93. The molecule has 1 aliphatic rings. The number of ketones is 1. The number of alkyl halides is 3. The number of benzene rings is 2. The standard InChI is InChI=1S/C26H28F3N3O4/c1-17(33)25-24(32(31-30-25)15-18-3-9-21(34-2)10-4-18)16-35-22-11-5-19(6-12-22)20-7-13-23(14-8-20)36-26(27,28)29/h3-4,7-10,13-14,19,22H,5-6,11-12,15-16H2,1-2H3. The molecule has 2 aromatic carbocycles. The molecule has 7 nitrogen and oxygen atoms in total. The molecule has 192 valence electrons. The number of aromatic nitrogens is 3. The maximum absolute atomic E-state index is 12.4. The first kappa shape index (κ1) is 25.7. The molecule has 0 radical (unpaired) electrons. The number of halogens is 3. The second kappa shape index (κ2) is 11.1. The summed E-state index contributed by atoms with van der Waals surface area (Å²) in [5, 5.41) is 8.24. The zero-order valence-electron chi connectivity index (χ0n) is 20.1. The van der Waals surface area contributed by atoms with Gasteiger partial charge in [0.1, 0.15) is 11.5 Å². The van der Waals surface area contributed by atoms with Crippen LogP contribution >= 0.6 is 0 Å². The molecule has 1 fully saturated rings. The molecule has 0 amide bonds. The molecule has 1 aliphatic carbocycles. The van der Waals surface area contributed by atoms with Crippen LogP contribution in [0.3, 0.4) is 0 Å². The number of ether oxygens (including phenoxy) is 3. The molecule has 0 N–H and O–H groups in total. The van der Waals surface area contributed by atoms with Crippen molar-refractivity contribution in [1.29, 1.82) is 0 Å². The van der Waals surface area contributed by atoms with Gasteiger partial charge in [0.2, 0.25) is 0 Å². The Morgan fingerprint density at radius 1 is 1.00 bits per heavy atom. The molecule has 1 saturated carbocycles. The van der Waals surface area contributed by atoms with Crippen molar-refractivity contribution in [2.75, 3.05) is 7.11 Å². The van der Waals surface area contributed by atoms with E-state index in [2.05, 4.69) is 15.0 Å². The lowest BCUT2D eigenvalue weighted by Crippen LogP contribution is -2.22. The molecule has 4 rings (SSSR count). The van der Waals surface area contributed by atoms with Crippen LogP contribution in [0.4, 0.5) is 13.2 Å². The van der Waals surface area contributed by atoms with Crippen LogP contribution in [0.1, 0.15) is 65.8 Å². The van der Waals surface area contributed by atoms with Gasteiger partial charge in [-0.25, -0.2) is 4.68 Å².